The Balaban J connectivity index is 1.88. The van der Waals surface area contributed by atoms with Gasteiger partial charge in [0.15, 0.2) is 0 Å². The number of aromatic nitrogens is 2. The molecule has 3 rings (SSSR count). The Morgan fingerprint density at radius 2 is 1.90 bits per heavy atom. The van der Waals surface area contributed by atoms with Crippen molar-refractivity contribution in [2.24, 2.45) is 0 Å². The Morgan fingerprint density at radius 3 is 2.70 bits per heavy atom. The molecule has 2 N–H and O–H groups in total. The average molecular weight is 291 g/mol. The summed E-state index contributed by atoms with van der Waals surface area (Å²) in [6.07, 6.45) is 0.527. The first-order valence-corrected chi connectivity index (χ1v) is 6.66. The van der Waals surface area contributed by atoms with Crippen LogP contribution in [0.15, 0.2) is 47.3 Å². The summed E-state index contributed by atoms with van der Waals surface area (Å²) in [5.41, 5.74) is 2.95. The Hall–Kier alpha value is -2.07. The van der Waals surface area contributed by atoms with Crippen molar-refractivity contribution in [1.29, 1.82) is 0 Å². The van der Waals surface area contributed by atoms with E-state index in [1.165, 1.54) is 12.1 Å². The highest BCUT2D eigenvalue weighted by Gasteiger charge is 2.11. The Kier molecular flexibility index (Phi) is 3.32. The zero-order valence-electron chi connectivity index (χ0n) is 10.5. The molecule has 20 heavy (non-hydrogen) atoms. The van der Waals surface area contributed by atoms with E-state index in [1.807, 2.05) is 24.3 Å². The molecule has 1 aromatic heterocycles. The zero-order chi connectivity index (χ0) is 14.1. The van der Waals surface area contributed by atoms with Gasteiger partial charge < -0.3 is 9.97 Å². The van der Waals surface area contributed by atoms with Crippen molar-refractivity contribution in [3.63, 3.8) is 0 Å². The summed E-state index contributed by atoms with van der Waals surface area (Å²) in [7, 11) is 0. The molecule has 0 aliphatic heterocycles. The van der Waals surface area contributed by atoms with Crippen LogP contribution in [0.4, 0.5) is 4.39 Å². The lowest BCUT2D eigenvalue weighted by Gasteiger charge is -2.10. The highest BCUT2D eigenvalue weighted by molar-refractivity contribution is 6.21. The lowest BCUT2D eigenvalue weighted by molar-refractivity contribution is 0.625. The number of rotatable bonds is 3. The predicted molar refractivity (Wildman–Crippen MR) is 77.6 cm³/mol. The fourth-order valence-corrected chi connectivity index (χ4v) is 2.55. The maximum atomic E-state index is 13.1. The third-order valence-corrected chi connectivity index (χ3v) is 3.61. The number of halogens is 2. The lowest BCUT2D eigenvalue weighted by Crippen LogP contribution is -1.99. The summed E-state index contributed by atoms with van der Waals surface area (Å²) in [6.45, 7) is 0. The molecule has 3 aromatic rings. The molecule has 0 amide bonds. The van der Waals surface area contributed by atoms with E-state index in [0.717, 1.165) is 22.2 Å². The van der Waals surface area contributed by atoms with Gasteiger partial charge in [0.1, 0.15) is 5.82 Å². The predicted octanol–water partition coefficient (Wildman–Crippen LogP) is 3.52. The molecule has 1 heterocycles. The Morgan fingerprint density at radius 1 is 1.10 bits per heavy atom. The van der Waals surface area contributed by atoms with Gasteiger partial charge in [-0.3, -0.25) is 0 Å². The summed E-state index contributed by atoms with van der Waals surface area (Å²) >= 11 is 6.38. The third-order valence-electron chi connectivity index (χ3n) is 3.21. The topological polar surface area (TPSA) is 48.6 Å². The SMILES string of the molecule is O=c1[nH]c2ccc(C(Cl)Cc3cccc(F)c3)cc2[nH]1. The van der Waals surface area contributed by atoms with Crippen molar-refractivity contribution in [2.75, 3.05) is 0 Å². The van der Waals surface area contributed by atoms with Gasteiger partial charge in [-0.1, -0.05) is 18.2 Å². The average Bonchev–Trinajstić information content (AvgIpc) is 2.77. The van der Waals surface area contributed by atoms with Crippen molar-refractivity contribution in [1.82, 2.24) is 9.97 Å². The van der Waals surface area contributed by atoms with E-state index >= 15 is 0 Å². The van der Waals surface area contributed by atoms with Crippen LogP contribution in [0.1, 0.15) is 16.5 Å². The Labute approximate surface area is 119 Å². The van der Waals surface area contributed by atoms with E-state index < -0.39 is 0 Å². The first kappa shape index (κ1) is 12.9. The second kappa shape index (κ2) is 5.13. The second-order valence-electron chi connectivity index (χ2n) is 4.69. The molecule has 0 aliphatic rings. The van der Waals surface area contributed by atoms with Crippen LogP contribution in [-0.4, -0.2) is 9.97 Å². The van der Waals surface area contributed by atoms with E-state index in [9.17, 15) is 9.18 Å². The third kappa shape index (κ3) is 2.60. The van der Waals surface area contributed by atoms with Gasteiger partial charge in [-0.05, 0) is 41.8 Å². The summed E-state index contributed by atoms with van der Waals surface area (Å²) in [4.78, 5) is 16.6. The molecular formula is C15H12ClFN2O. The minimum atomic E-state index is -0.278. The quantitative estimate of drug-likeness (QED) is 0.713. The van der Waals surface area contributed by atoms with Crippen LogP contribution in [0.3, 0.4) is 0 Å². The van der Waals surface area contributed by atoms with E-state index in [4.69, 9.17) is 11.6 Å². The van der Waals surface area contributed by atoms with Crippen molar-refractivity contribution < 1.29 is 4.39 Å². The van der Waals surface area contributed by atoms with Gasteiger partial charge in [0.2, 0.25) is 0 Å². The molecule has 5 heteroatoms. The van der Waals surface area contributed by atoms with Gasteiger partial charge in [-0.15, -0.1) is 11.6 Å². The van der Waals surface area contributed by atoms with Gasteiger partial charge in [-0.2, -0.15) is 0 Å². The number of alkyl halides is 1. The summed E-state index contributed by atoms with van der Waals surface area (Å²) in [6, 6.07) is 11.9. The van der Waals surface area contributed by atoms with Crippen LogP contribution >= 0.6 is 11.6 Å². The summed E-state index contributed by atoms with van der Waals surface area (Å²) < 4.78 is 13.1. The largest absolute Gasteiger partial charge is 0.323 e. The van der Waals surface area contributed by atoms with E-state index in [-0.39, 0.29) is 16.9 Å². The molecule has 0 saturated carbocycles. The van der Waals surface area contributed by atoms with Gasteiger partial charge >= 0.3 is 5.69 Å². The standard InChI is InChI=1S/C15H12ClFN2O/c16-12(7-9-2-1-3-11(17)6-9)10-4-5-13-14(8-10)19-15(20)18-13/h1-6,8,12H,7H2,(H2,18,19,20). The van der Waals surface area contributed by atoms with Crippen LogP contribution in [-0.2, 0) is 6.42 Å². The molecule has 0 spiro atoms. The van der Waals surface area contributed by atoms with Crippen molar-refractivity contribution >= 4 is 22.6 Å². The highest BCUT2D eigenvalue weighted by atomic mass is 35.5. The molecule has 1 atom stereocenters. The number of fused-ring (bicyclic) bond motifs is 1. The van der Waals surface area contributed by atoms with Crippen molar-refractivity contribution in [2.45, 2.75) is 11.8 Å². The fourth-order valence-electron chi connectivity index (χ4n) is 2.23. The number of H-pyrrole nitrogens is 2. The van der Waals surface area contributed by atoms with Crippen LogP contribution in [0.2, 0.25) is 0 Å². The molecule has 1 unspecified atom stereocenters. The number of nitrogens with one attached hydrogen (secondary N) is 2. The fraction of sp³-hybridized carbons (Fsp3) is 0.133. The molecule has 0 radical (unpaired) electrons. The van der Waals surface area contributed by atoms with E-state index in [2.05, 4.69) is 9.97 Å². The minimum Gasteiger partial charge on any atom is -0.306 e. The van der Waals surface area contributed by atoms with Crippen LogP contribution in [0, 0.1) is 5.82 Å². The molecule has 3 nitrogen and oxygen atoms in total. The van der Waals surface area contributed by atoms with Gasteiger partial charge in [0.25, 0.3) is 0 Å². The van der Waals surface area contributed by atoms with E-state index in [1.54, 1.807) is 6.07 Å². The first-order chi connectivity index (χ1) is 9.61. The monoisotopic (exact) mass is 290 g/mol. The number of imidazole rings is 1. The van der Waals surface area contributed by atoms with Crippen LogP contribution < -0.4 is 5.69 Å². The van der Waals surface area contributed by atoms with Gasteiger partial charge in [0.05, 0.1) is 16.4 Å². The van der Waals surface area contributed by atoms with Gasteiger partial charge in [-0.25, -0.2) is 9.18 Å². The van der Waals surface area contributed by atoms with E-state index in [0.29, 0.717) is 6.42 Å². The normalized spacial score (nSPS) is 12.7. The van der Waals surface area contributed by atoms with Crippen LogP contribution in [0.25, 0.3) is 11.0 Å². The molecule has 2 aromatic carbocycles. The maximum Gasteiger partial charge on any atom is 0.323 e. The molecule has 102 valence electrons. The zero-order valence-corrected chi connectivity index (χ0v) is 11.2. The van der Waals surface area contributed by atoms with Crippen LogP contribution in [0.5, 0.6) is 0 Å². The highest BCUT2D eigenvalue weighted by Crippen LogP contribution is 2.26. The smallest absolute Gasteiger partial charge is 0.306 e. The Bertz CT molecular complexity index is 809. The van der Waals surface area contributed by atoms with Gasteiger partial charge in [0, 0.05) is 0 Å². The first-order valence-electron chi connectivity index (χ1n) is 6.22. The lowest BCUT2D eigenvalue weighted by atomic mass is 10.0. The summed E-state index contributed by atoms with van der Waals surface area (Å²) in [5.74, 6) is -0.267. The number of hydrogen-bond acceptors (Lipinski definition) is 1. The second-order valence-corrected chi connectivity index (χ2v) is 5.21. The molecule has 0 bridgehead atoms. The maximum absolute atomic E-state index is 13.1. The molecule has 0 fully saturated rings. The molecular weight excluding hydrogens is 279 g/mol. The number of aromatic amines is 2. The number of hydrogen-bond donors (Lipinski definition) is 2. The van der Waals surface area contributed by atoms with Crippen molar-refractivity contribution in [3.8, 4) is 0 Å². The van der Waals surface area contributed by atoms with Crippen molar-refractivity contribution in [3.05, 3.63) is 69.9 Å². The molecule has 0 saturated heterocycles. The summed E-state index contributed by atoms with van der Waals surface area (Å²) in [5, 5.41) is -0.278. The minimum absolute atomic E-state index is 0.242. The number of benzene rings is 2. The molecule has 0 aliphatic carbocycles.